The molecule has 0 saturated carbocycles. The van der Waals surface area contributed by atoms with Gasteiger partial charge in [-0.25, -0.2) is 0 Å². The molecule has 1 atom stereocenters. The number of hydrogen-bond donors (Lipinski definition) is 1. The Morgan fingerprint density at radius 2 is 1.68 bits per heavy atom. The van der Waals surface area contributed by atoms with E-state index in [4.69, 9.17) is 14.2 Å². The van der Waals surface area contributed by atoms with E-state index in [-0.39, 0.29) is 24.5 Å². The summed E-state index contributed by atoms with van der Waals surface area (Å²) in [6.45, 7) is 6.88. The van der Waals surface area contributed by atoms with E-state index in [9.17, 15) is 14.7 Å². The van der Waals surface area contributed by atoms with E-state index in [1.165, 1.54) is 12.0 Å². The number of aryl methyl sites for hydroxylation is 1. The van der Waals surface area contributed by atoms with Gasteiger partial charge in [0.2, 0.25) is 0 Å². The zero-order chi connectivity index (χ0) is 27.1. The molecule has 1 fully saturated rings. The summed E-state index contributed by atoms with van der Waals surface area (Å²) in [5, 5.41) is 11.3. The first-order valence-electron chi connectivity index (χ1n) is 12.3. The van der Waals surface area contributed by atoms with Gasteiger partial charge in [-0.1, -0.05) is 54.6 Å². The van der Waals surface area contributed by atoms with Crippen molar-refractivity contribution in [2.75, 3.05) is 26.9 Å². The molecule has 1 saturated heterocycles. The quantitative estimate of drug-likeness (QED) is 0.164. The second-order valence-electron chi connectivity index (χ2n) is 8.96. The molecule has 0 bridgehead atoms. The van der Waals surface area contributed by atoms with Crippen molar-refractivity contribution in [3.05, 3.63) is 113 Å². The van der Waals surface area contributed by atoms with Gasteiger partial charge in [0.25, 0.3) is 11.7 Å². The topological polar surface area (TPSA) is 85.3 Å². The standard InChI is InChI=1S/C31H31NO6/c1-4-17-37-25-12-8-23(9-13-25)28-27(30(34)31(35)32(28)16-18-36-3)29(33)24-10-14-26(15-11-24)38-20-22-7-5-6-21(2)19-22/h4-15,19,28,33H,1,16-18,20H2,2-3H3/b29-27+/t28-/m0/s1. The molecule has 1 amide bonds. The Morgan fingerprint density at radius 1 is 1.00 bits per heavy atom. The Hall–Kier alpha value is -4.36. The van der Waals surface area contributed by atoms with Crippen LogP contribution < -0.4 is 9.47 Å². The fourth-order valence-electron chi connectivity index (χ4n) is 4.38. The van der Waals surface area contributed by atoms with Crippen LogP contribution in [0.15, 0.2) is 91.0 Å². The van der Waals surface area contributed by atoms with Gasteiger partial charge in [-0.15, -0.1) is 0 Å². The monoisotopic (exact) mass is 513 g/mol. The molecule has 1 aliphatic rings. The molecule has 1 N–H and O–H groups in total. The molecule has 3 aromatic carbocycles. The number of likely N-dealkylation sites (tertiary alicyclic amines) is 1. The van der Waals surface area contributed by atoms with Gasteiger partial charge < -0.3 is 24.2 Å². The van der Waals surface area contributed by atoms with E-state index in [2.05, 4.69) is 12.6 Å². The maximum atomic E-state index is 13.1. The highest BCUT2D eigenvalue weighted by atomic mass is 16.5. The van der Waals surface area contributed by atoms with Crippen LogP contribution in [0.4, 0.5) is 0 Å². The van der Waals surface area contributed by atoms with E-state index in [1.54, 1.807) is 54.6 Å². The molecule has 7 nitrogen and oxygen atoms in total. The number of carbonyl (C=O) groups is 2. The van der Waals surface area contributed by atoms with Crippen LogP contribution >= 0.6 is 0 Å². The Balaban J connectivity index is 1.63. The van der Waals surface area contributed by atoms with Gasteiger partial charge >= 0.3 is 0 Å². The summed E-state index contributed by atoms with van der Waals surface area (Å²) >= 11 is 0. The zero-order valence-corrected chi connectivity index (χ0v) is 21.6. The maximum Gasteiger partial charge on any atom is 0.295 e. The predicted molar refractivity (Wildman–Crippen MR) is 145 cm³/mol. The minimum absolute atomic E-state index is 0.0271. The SMILES string of the molecule is C=CCOc1ccc([C@H]2/C(=C(\O)c3ccc(OCc4cccc(C)c4)cc3)C(=O)C(=O)N2CCOC)cc1. The highest BCUT2D eigenvalue weighted by Crippen LogP contribution is 2.39. The van der Waals surface area contributed by atoms with Crippen LogP contribution in [0.5, 0.6) is 11.5 Å². The number of aliphatic hydroxyl groups excluding tert-OH is 1. The van der Waals surface area contributed by atoms with Gasteiger partial charge in [0.1, 0.15) is 30.5 Å². The minimum Gasteiger partial charge on any atom is -0.507 e. The number of nitrogens with zero attached hydrogens (tertiary/aromatic N) is 1. The molecule has 7 heteroatoms. The van der Waals surface area contributed by atoms with Crippen molar-refractivity contribution in [1.29, 1.82) is 0 Å². The molecule has 1 heterocycles. The van der Waals surface area contributed by atoms with E-state index in [0.717, 1.165) is 11.1 Å². The number of Topliss-reactive ketones (excluding diaryl/α,β-unsaturated/α-hetero) is 1. The van der Waals surface area contributed by atoms with Crippen LogP contribution in [0, 0.1) is 6.92 Å². The molecular formula is C31H31NO6. The predicted octanol–water partition coefficient (Wildman–Crippen LogP) is 5.21. The fraction of sp³-hybridized carbons (Fsp3) is 0.226. The minimum atomic E-state index is -0.768. The number of benzene rings is 3. The van der Waals surface area contributed by atoms with Gasteiger partial charge in [0, 0.05) is 19.2 Å². The molecule has 3 aromatic rings. The summed E-state index contributed by atoms with van der Waals surface area (Å²) in [6.07, 6.45) is 1.65. The summed E-state index contributed by atoms with van der Waals surface area (Å²) in [5.41, 5.74) is 3.31. The number of amides is 1. The number of hydrogen-bond acceptors (Lipinski definition) is 6. The number of methoxy groups -OCH3 is 1. The first kappa shape index (κ1) is 26.7. The van der Waals surface area contributed by atoms with Crippen LogP contribution in [0.1, 0.15) is 28.3 Å². The van der Waals surface area contributed by atoms with E-state index >= 15 is 0 Å². The van der Waals surface area contributed by atoms with Crippen LogP contribution in [0.3, 0.4) is 0 Å². The van der Waals surface area contributed by atoms with Crippen molar-refractivity contribution >= 4 is 17.4 Å². The average Bonchev–Trinajstić information content (AvgIpc) is 3.19. The van der Waals surface area contributed by atoms with Crippen molar-refractivity contribution in [3.63, 3.8) is 0 Å². The van der Waals surface area contributed by atoms with E-state index < -0.39 is 17.7 Å². The smallest absolute Gasteiger partial charge is 0.295 e. The maximum absolute atomic E-state index is 13.1. The molecule has 196 valence electrons. The van der Waals surface area contributed by atoms with Gasteiger partial charge in [-0.2, -0.15) is 0 Å². The lowest BCUT2D eigenvalue weighted by atomic mass is 9.95. The summed E-state index contributed by atoms with van der Waals surface area (Å²) in [5.74, 6) is -0.418. The van der Waals surface area contributed by atoms with Crippen LogP contribution in [-0.2, 0) is 20.9 Å². The van der Waals surface area contributed by atoms with Crippen molar-refractivity contribution < 1.29 is 28.9 Å². The third-order valence-corrected chi connectivity index (χ3v) is 6.26. The number of ketones is 1. The molecule has 0 spiro atoms. The second kappa shape index (κ2) is 12.3. The van der Waals surface area contributed by atoms with Gasteiger partial charge in [0.15, 0.2) is 0 Å². The lowest BCUT2D eigenvalue weighted by Gasteiger charge is -2.25. The highest BCUT2D eigenvalue weighted by Gasteiger charge is 2.45. The van der Waals surface area contributed by atoms with E-state index in [1.807, 2.05) is 25.1 Å². The van der Waals surface area contributed by atoms with E-state index in [0.29, 0.717) is 35.8 Å². The number of aliphatic hydroxyl groups is 1. The summed E-state index contributed by atoms with van der Waals surface area (Å²) in [7, 11) is 1.53. The van der Waals surface area contributed by atoms with Crippen LogP contribution in [0.25, 0.3) is 5.76 Å². The molecule has 0 radical (unpaired) electrons. The third-order valence-electron chi connectivity index (χ3n) is 6.26. The van der Waals surface area contributed by atoms with Crippen molar-refractivity contribution in [2.24, 2.45) is 0 Å². The second-order valence-corrected chi connectivity index (χ2v) is 8.96. The lowest BCUT2D eigenvalue weighted by molar-refractivity contribution is -0.140. The third kappa shape index (κ3) is 5.95. The molecular weight excluding hydrogens is 482 g/mol. The van der Waals surface area contributed by atoms with Crippen LogP contribution in [-0.4, -0.2) is 48.6 Å². The zero-order valence-electron chi connectivity index (χ0n) is 21.6. The Bertz CT molecular complexity index is 1330. The first-order valence-corrected chi connectivity index (χ1v) is 12.3. The summed E-state index contributed by atoms with van der Waals surface area (Å²) in [4.78, 5) is 27.5. The molecule has 38 heavy (non-hydrogen) atoms. The Labute approximate surface area is 222 Å². The van der Waals surface area contributed by atoms with Crippen molar-refractivity contribution in [3.8, 4) is 11.5 Å². The average molecular weight is 514 g/mol. The molecule has 4 rings (SSSR count). The van der Waals surface area contributed by atoms with Crippen molar-refractivity contribution in [2.45, 2.75) is 19.6 Å². The summed E-state index contributed by atoms with van der Waals surface area (Å²) < 4.78 is 16.6. The summed E-state index contributed by atoms with van der Waals surface area (Å²) in [6, 6.07) is 21.2. The van der Waals surface area contributed by atoms with Gasteiger partial charge in [-0.3, -0.25) is 9.59 Å². The van der Waals surface area contributed by atoms with Gasteiger partial charge in [-0.05, 0) is 54.4 Å². The lowest BCUT2D eigenvalue weighted by Crippen LogP contribution is -2.32. The normalized spacial score (nSPS) is 16.5. The number of ether oxygens (including phenoxy) is 3. The molecule has 0 aromatic heterocycles. The fourth-order valence-corrected chi connectivity index (χ4v) is 4.38. The van der Waals surface area contributed by atoms with Crippen molar-refractivity contribution in [1.82, 2.24) is 4.90 Å². The highest BCUT2D eigenvalue weighted by molar-refractivity contribution is 6.46. The first-order chi connectivity index (χ1) is 18.4. The molecule has 0 unspecified atom stereocenters. The van der Waals surface area contributed by atoms with Crippen LogP contribution in [0.2, 0.25) is 0 Å². The number of carbonyl (C=O) groups excluding carboxylic acids is 2. The Morgan fingerprint density at radius 3 is 2.34 bits per heavy atom. The number of rotatable bonds is 11. The largest absolute Gasteiger partial charge is 0.507 e. The molecule has 0 aliphatic carbocycles. The molecule has 1 aliphatic heterocycles. The van der Waals surface area contributed by atoms with Gasteiger partial charge in [0.05, 0.1) is 18.2 Å². The Kier molecular flexibility index (Phi) is 8.61.